The van der Waals surface area contributed by atoms with Gasteiger partial charge in [-0.1, -0.05) is 64.6 Å². The van der Waals surface area contributed by atoms with Crippen molar-refractivity contribution in [2.75, 3.05) is 13.1 Å². The van der Waals surface area contributed by atoms with E-state index in [1.165, 1.54) is 6.42 Å². The van der Waals surface area contributed by atoms with Crippen molar-refractivity contribution in [1.82, 2.24) is 20.2 Å². The van der Waals surface area contributed by atoms with E-state index in [2.05, 4.69) is 21.4 Å². The van der Waals surface area contributed by atoms with Crippen LogP contribution in [0.3, 0.4) is 0 Å². The number of benzene rings is 2. The molecule has 0 spiro atoms. The Balaban J connectivity index is 0.00000289. The molecule has 1 aliphatic heterocycles. The zero-order valence-corrected chi connectivity index (χ0v) is 21.5. The summed E-state index contributed by atoms with van der Waals surface area (Å²) >= 11 is 16.1. The number of halogens is 4. The molecule has 5 nitrogen and oxygen atoms in total. The maximum Gasteiger partial charge on any atom is 0.286 e. The molecule has 0 unspecified atom stereocenters. The lowest BCUT2D eigenvalue weighted by Gasteiger charge is -2.26. The third-order valence-corrected chi connectivity index (χ3v) is 6.49. The van der Waals surface area contributed by atoms with Gasteiger partial charge in [0, 0.05) is 33.7 Å². The monoisotopic (exact) mass is 556 g/mol. The van der Waals surface area contributed by atoms with Gasteiger partial charge < -0.3 is 0 Å². The third kappa shape index (κ3) is 5.32. The average molecular weight is 559 g/mol. The molecule has 1 N–H and O–H groups in total. The molecule has 1 aliphatic rings. The second kappa shape index (κ2) is 11.0. The molecule has 32 heavy (non-hydrogen) atoms. The minimum Gasteiger partial charge on any atom is -0.283 e. The Bertz CT molecular complexity index is 1100. The lowest BCUT2D eigenvalue weighted by atomic mass is 10.0. The zero-order chi connectivity index (χ0) is 22.0. The minimum atomic E-state index is -0.194. The highest BCUT2D eigenvalue weighted by atomic mass is 79.9. The molecule has 0 bridgehead atoms. The van der Waals surface area contributed by atoms with Crippen LogP contribution in [0.15, 0.2) is 46.9 Å². The molecule has 0 radical (unpaired) electrons. The van der Waals surface area contributed by atoms with Gasteiger partial charge in [0.25, 0.3) is 5.91 Å². The Labute approximate surface area is 212 Å². The van der Waals surface area contributed by atoms with Crippen LogP contribution in [0.4, 0.5) is 0 Å². The van der Waals surface area contributed by atoms with Gasteiger partial charge in [0.15, 0.2) is 5.69 Å². The number of piperidine rings is 1. The quantitative estimate of drug-likeness (QED) is 0.378. The van der Waals surface area contributed by atoms with Crippen molar-refractivity contribution >= 4 is 57.4 Å². The lowest BCUT2D eigenvalue weighted by molar-refractivity contribution is 0.0743. The highest BCUT2D eigenvalue weighted by Crippen LogP contribution is 2.34. The van der Waals surface area contributed by atoms with E-state index in [0.29, 0.717) is 27.8 Å². The van der Waals surface area contributed by atoms with E-state index < -0.39 is 0 Å². The standard InChI is InChI=1S/C23H23BrCl2N4O.ClH/c1-2-18-21(23(31)28-29-12-4-3-5-13-29)27-30(20-11-10-17(25)14-19(20)26)22(18)15-6-8-16(24)9-7-15;/h6-11,14H,2-5,12-13H2,1H3,(H,28,31);1H. The van der Waals surface area contributed by atoms with Gasteiger partial charge in [0.2, 0.25) is 0 Å². The van der Waals surface area contributed by atoms with Gasteiger partial charge in [-0.2, -0.15) is 5.10 Å². The Hall–Kier alpha value is -1.57. The minimum absolute atomic E-state index is 0. The van der Waals surface area contributed by atoms with E-state index in [-0.39, 0.29) is 18.3 Å². The van der Waals surface area contributed by atoms with E-state index in [1.54, 1.807) is 16.8 Å². The summed E-state index contributed by atoms with van der Waals surface area (Å²) < 4.78 is 2.74. The second-order valence-electron chi connectivity index (χ2n) is 7.53. The van der Waals surface area contributed by atoms with Gasteiger partial charge in [0.1, 0.15) is 0 Å². The molecule has 9 heteroatoms. The van der Waals surface area contributed by atoms with E-state index in [9.17, 15) is 4.79 Å². The molecule has 170 valence electrons. The number of carbonyl (C=O) groups excluding carboxylic acids is 1. The topological polar surface area (TPSA) is 50.2 Å². The van der Waals surface area contributed by atoms with Crippen LogP contribution in [-0.2, 0) is 6.42 Å². The van der Waals surface area contributed by atoms with Crippen molar-refractivity contribution in [2.24, 2.45) is 0 Å². The normalized spacial score (nSPS) is 14.1. The highest BCUT2D eigenvalue weighted by Gasteiger charge is 2.26. The molecule has 1 aromatic heterocycles. The van der Waals surface area contributed by atoms with Crippen molar-refractivity contribution < 1.29 is 4.79 Å². The third-order valence-electron chi connectivity index (χ3n) is 5.42. The van der Waals surface area contributed by atoms with Crippen LogP contribution >= 0.6 is 51.5 Å². The largest absolute Gasteiger partial charge is 0.286 e. The summed E-state index contributed by atoms with van der Waals surface area (Å²) in [4.78, 5) is 13.2. The summed E-state index contributed by atoms with van der Waals surface area (Å²) in [6.07, 6.45) is 4.02. The molecule has 1 saturated heterocycles. The summed E-state index contributed by atoms with van der Waals surface area (Å²) in [6, 6.07) is 13.2. The summed E-state index contributed by atoms with van der Waals surface area (Å²) in [6.45, 7) is 3.75. The van der Waals surface area contributed by atoms with E-state index in [1.807, 2.05) is 42.3 Å². The molecule has 0 atom stereocenters. The van der Waals surface area contributed by atoms with Gasteiger partial charge >= 0.3 is 0 Å². The summed E-state index contributed by atoms with van der Waals surface area (Å²) in [5.74, 6) is -0.194. The van der Waals surface area contributed by atoms with Crippen LogP contribution < -0.4 is 5.43 Å². The number of rotatable bonds is 5. The Morgan fingerprint density at radius 2 is 1.78 bits per heavy atom. The van der Waals surface area contributed by atoms with Crippen LogP contribution in [0.2, 0.25) is 10.0 Å². The Morgan fingerprint density at radius 1 is 1.09 bits per heavy atom. The summed E-state index contributed by atoms with van der Waals surface area (Å²) in [5.41, 5.74) is 6.82. The van der Waals surface area contributed by atoms with Gasteiger partial charge in [-0.15, -0.1) is 12.4 Å². The fraction of sp³-hybridized carbons (Fsp3) is 0.304. The van der Waals surface area contributed by atoms with Crippen LogP contribution in [0.1, 0.15) is 42.2 Å². The number of hydrogen-bond donors (Lipinski definition) is 1. The van der Waals surface area contributed by atoms with Crippen LogP contribution in [0, 0.1) is 0 Å². The van der Waals surface area contributed by atoms with Crippen molar-refractivity contribution in [2.45, 2.75) is 32.6 Å². The second-order valence-corrected chi connectivity index (χ2v) is 9.29. The predicted octanol–water partition coefficient (Wildman–Crippen LogP) is 6.72. The molecule has 0 aliphatic carbocycles. The van der Waals surface area contributed by atoms with Gasteiger partial charge in [-0.25, -0.2) is 9.69 Å². The molecule has 3 aromatic rings. The molecule has 1 amide bonds. The van der Waals surface area contributed by atoms with Gasteiger partial charge in [-0.3, -0.25) is 10.2 Å². The Kier molecular flexibility index (Phi) is 8.64. The number of nitrogens with one attached hydrogen (secondary N) is 1. The fourth-order valence-corrected chi connectivity index (χ4v) is 4.65. The first kappa shape index (κ1) is 25.1. The number of aromatic nitrogens is 2. The maximum atomic E-state index is 13.2. The molecule has 1 fully saturated rings. The SMILES string of the molecule is CCc1c(C(=O)NN2CCCCC2)nn(-c2ccc(Cl)cc2Cl)c1-c1ccc(Br)cc1.Cl. The molecule has 2 aromatic carbocycles. The van der Waals surface area contributed by atoms with Crippen molar-refractivity contribution in [3.8, 4) is 16.9 Å². The summed E-state index contributed by atoms with van der Waals surface area (Å²) in [5, 5.41) is 7.75. The van der Waals surface area contributed by atoms with Crippen molar-refractivity contribution in [1.29, 1.82) is 0 Å². The van der Waals surface area contributed by atoms with Crippen LogP contribution in [0.5, 0.6) is 0 Å². The van der Waals surface area contributed by atoms with E-state index in [0.717, 1.165) is 47.2 Å². The van der Waals surface area contributed by atoms with Gasteiger partial charge in [-0.05, 0) is 49.6 Å². The first-order chi connectivity index (χ1) is 15.0. The smallest absolute Gasteiger partial charge is 0.283 e. The van der Waals surface area contributed by atoms with Crippen molar-refractivity contribution in [3.05, 3.63) is 68.2 Å². The number of amides is 1. The first-order valence-electron chi connectivity index (χ1n) is 10.4. The number of hydrazine groups is 1. The molecular weight excluding hydrogens is 535 g/mol. The zero-order valence-electron chi connectivity index (χ0n) is 17.6. The molecular formula is C23H24BrCl3N4O. The van der Waals surface area contributed by atoms with E-state index in [4.69, 9.17) is 28.3 Å². The number of hydrogen-bond acceptors (Lipinski definition) is 3. The van der Waals surface area contributed by atoms with Crippen LogP contribution in [-0.4, -0.2) is 33.8 Å². The molecule has 0 saturated carbocycles. The molecule has 2 heterocycles. The highest BCUT2D eigenvalue weighted by molar-refractivity contribution is 9.10. The number of carbonyl (C=O) groups is 1. The number of nitrogens with zero attached hydrogens (tertiary/aromatic N) is 3. The maximum absolute atomic E-state index is 13.2. The van der Waals surface area contributed by atoms with Crippen LogP contribution in [0.25, 0.3) is 16.9 Å². The Morgan fingerprint density at radius 3 is 2.41 bits per heavy atom. The van der Waals surface area contributed by atoms with E-state index >= 15 is 0 Å². The lowest BCUT2D eigenvalue weighted by Crippen LogP contribution is -2.45. The molecule has 4 rings (SSSR count). The first-order valence-corrected chi connectivity index (χ1v) is 11.9. The van der Waals surface area contributed by atoms with Gasteiger partial charge in [0.05, 0.1) is 16.4 Å². The fourth-order valence-electron chi connectivity index (χ4n) is 3.90. The average Bonchev–Trinajstić information content (AvgIpc) is 3.14. The summed E-state index contributed by atoms with van der Waals surface area (Å²) in [7, 11) is 0. The van der Waals surface area contributed by atoms with Crippen molar-refractivity contribution in [3.63, 3.8) is 0 Å². The predicted molar refractivity (Wildman–Crippen MR) is 136 cm³/mol.